The molecule has 7 heteroatoms. The molecule has 0 unspecified atom stereocenters. The van der Waals surface area contributed by atoms with Gasteiger partial charge in [0, 0.05) is 24.7 Å². The van der Waals surface area contributed by atoms with Gasteiger partial charge in [-0.25, -0.2) is 0 Å². The van der Waals surface area contributed by atoms with Gasteiger partial charge >= 0.3 is 0 Å². The molecule has 0 saturated carbocycles. The molecule has 2 rings (SSSR count). The number of rotatable bonds is 11. The molecule has 1 N–H and O–H groups in total. The normalized spacial score (nSPS) is 10.6. The van der Waals surface area contributed by atoms with Crippen LogP contribution in [-0.4, -0.2) is 58.9 Å². The third-order valence-electron chi connectivity index (χ3n) is 4.44. The van der Waals surface area contributed by atoms with Gasteiger partial charge in [0.1, 0.15) is 18.1 Å². The van der Waals surface area contributed by atoms with Crippen LogP contribution in [0.25, 0.3) is 0 Å². The molecule has 2 aromatic carbocycles. The third-order valence-corrected chi connectivity index (χ3v) is 4.44. The number of carbonyl (C=O) groups is 1. The largest absolute Gasteiger partial charge is 0.496 e. The Morgan fingerprint density at radius 2 is 1.59 bits per heavy atom. The number of nitrogens with one attached hydrogen (secondary N) is 1. The Hall–Kier alpha value is -2.93. The van der Waals surface area contributed by atoms with Gasteiger partial charge in [0.25, 0.3) is 0 Å². The van der Waals surface area contributed by atoms with E-state index in [1.54, 1.807) is 33.5 Å². The van der Waals surface area contributed by atoms with Gasteiger partial charge in [0.05, 0.1) is 27.9 Å². The molecule has 1 amide bonds. The van der Waals surface area contributed by atoms with Crippen LogP contribution in [0.5, 0.6) is 23.0 Å². The maximum Gasteiger partial charge on any atom is 0.234 e. The molecule has 0 saturated heterocycles. The summed E-state index contributed by atoms with van der Waals surface area (Å²) in [6.45, 7) is 3.79. The summed E-state index contributed by atoms with van der Waals surface area (Å²) in [5.41, 5.74) is 2.00. The first-order valence-electron chi connectivity index (χ1n) is 9.40. The molecule has 0 aromatic heterocycles. The Bertz CT molecular complexity index is 793. The fourth-order valence-corrected chi connectivity index (χ4v) is 2.76. The average molecular weight is 402 g/mol. The lowest BCUT2D eigenvalue weighted by molar-refractivity contribution is -0.122. The lowest BCUT2D eigenvalue weighted by Gasteiger charge is -2.18. The number of amides is 1. The molecule has 0 aliphatic carbocycles. The van der Waals surface area contributed by atoms with Crippen molar-refractivity contribution in [2.75, 3.05) is 48.1 Å². The van der Waals surface area contributed by atoms with E-state index >= 15 is 0 Å². The number of benzene rings is 2. The number of ether oxygens (including phenoxy) is 4. The van der Waals surface area contributed by atoms with E-state index in [1.807, 2.05) is 43.1 Å². The molecule has 29 heavy (non-hydrogen) atoms. The molecule has 7 nitrogen and oxygen atoms in total. The zero-order valence-electron chi connectivity index (χ0n) is 17.8. The second kappa shape index (κ2) is 11.2. The maximum atomic E-state index is 12.3. The summed E-state index contributed by atoms with van der Waals surface area (Å²) in [4.78, 5) is 14.2. The zero-order chi connectivity index (χ0) is 21.2. The predicted molar refractivity (Wildman–Crippen MR) is 112 cm³/mol. The SMILES string of the molecule is COc1cc(OC)c(OC)cc1CNC(=O)CN(C)CCOc1ccc(C)cc1. The minimum atomic E-state index is -0.0836. The highest BCUT2D eigenvalue weighted by Crippen LogP contribution is 2.34. The molecule has 0 heterocycles. The van der Waals surface area contributed by atoms with E-state index in [0.29, 0.717) is 36.9 Å². The summed E-state index contributed by atoms with van der Waals surface area (Å²) in [6.07, 6.45) is 0. The molecule has 0 atom stereocenters. The fourth-order valence-electron chi connectivity index (χ4n) is 2.76. The molecule has 0 fully saturated rings. The number of likely N-dealkylation sites (N-methyl/N-ethyl adjacent to an activating group) is 1. The monoisotopic (exact) mass is 402 g/mol. The van der Waals surface area contributed by atoms with Crippen molar-refractivity contribution in [1.29, 1.82) is 0 Å². The van der Waals surface area contributed by atoms with E-state index in [-0.39, 0.29) is 12.5 Å². The van der Waals surface area contributed by atoms with Crippen molar-refractivity contribution in [3.8, 4) is 23.0 Å². The first-order chi connectivity index (χ1) is 14.0. The van der Waals surface area contributed by atoms with E-state index in [0.717, 1.165) is 11.3 Å². The molecular formula is C22H30N2O5. The third kappa shape index (κ3) is 6.87. The molecular weight excluding hydrogens is 372 g/mol. The van der Waals surface area contributed by atoms with Crippen molar-refractivity contribution in [2.24, 2.45) is 0 Å². The van der Waals surface area contributed by atoms with Crippen LogP contribution in [0.2, 0.25) is 0 Å². The van der Waals surface area contributed by atoms with Gasteiger partial charge < -0.3 is 24.3 Å². The summed E-state index contributed by atoms with van der Waals surface area (Å²) < 4.78 is 21.7. The number of aryl methyl sites for hydroxylation is 1. The Morgan fingerprint density at radius 3 is 2.21 bits per heavy atom. The van der Waals surface area contributed by atoms with Crippen LogP contribution in [0.15, 0.2) is 36.4 Å². The number of carbonyl (C=O) groups excluding carboxylic acids is 1. The van der Waals surface area contributed by atoms with Gasteiger partial charge in [0.15, 0.2) is 11.5 Å². The van der Waals surface area contributed by atoms with Crippen molar-refractivity contribution in [3.05, 3.63) is 47.5 Å². The van der Waals surface area contributed by atoms with Crippen LogP contribution in [0.3, 0.4) is 0 Å². The van der Waals surface area contributed by atoms with Gasteiger partial charge in [0.2, 0.25) is 5.91 Å². The quantitative estimate of drug-likeness (QED) is 0.623. The number of nitrogens with zero attached hydrogens (tertiary/aromatic N) is 1. The van der Waals surface area contributed by atoms with Crippen molar-refractivity contribution in [1.82, 2.24) is 10.2 Å². The predicted octanol–water partition coefficient (Wildman–Crippen LogP) is 2.65. The topological polar surface area (TPSA) is 69.3 Å². The molecule has 0 aliphatic rings. The summed E-state index contributed by atoms with van der Waals surface area (Å²) >= 11 is 0. The van der Waals surface area contributed by atoms with Gasteiger partial charge in [-0.3, -0.25) is 9.69 Å². The van der Waals surface area contributed by atoms with Gasteiger partial charge in [-0.1, -0.05) is 17.7 Å². The van der Waals surface area contributed by atoms with Crippen LogP contribution in [0.1, 0.15) is 11.1 Å². The summed E-state index contributed by atoms with van der Waals surface area (Å²) in [7, 11) is 6.60. The molecule has 0 aliphatic heterocycles. The van der Waals surface area contributed by atoms with Crippen molar-refractivity contribution in [2.45, 2.75) is 13.5 Å². The van der Waals surface area contributed by atoms with E-state index in [2.05, 4.69) is 5.32 Å². The molecule has 2 aromatic rings. The van der Waals surface area contributed by atoms with Crippen molar-refractivity contribution >= 4 is 5.91 Å². The van der Waals surface area contributed by atoms with E-state index in [1.165, 1.54) is 5.56 Å². The lowest BCUT2D eigenvalue weighted by atomic mass is 10.1. The van der Waals surface area contributed by atoms with E-state index < -0.39 is 0 Å². The second-order valence-corrected chi connectivity index (χ2v) is 6.70. The summed E-state index contributed by atoms with van der Waals surface area (Å²) in [5, 5.41) is 2.91. The van der Waals surface area contributed by atoms with Crippen LogP contribution in [0.4, 0.5) is 0 Å². The summed E-state index contributed by atoms with van der Waals surface area (Å²) in [5.74, 6) is 2.53. The maximum absolute atomic E-state index is 12.3. The number of hydrogen-bond donors (Lipinski definition) is 1. The van der Waals surface area contributed by atoms with Crippen LogP contribution >= 0.6 is 0 Å². The highest BCUT2D eigenvalue weighted by molar-refractivity contribution is 5.78. The van der Waals surface area contributed by atoms with Crippen LogP contribution in [-0.2, 0) is 11.3 Å². The average Bonchev–Trinajstić information content (AvgIpc) is 2.72. The Balaban J connectivity index is 1.80. The van der Waals surface area contributed by atoms with Crippen LogP contribution in [0, 0.1) is 6.92 Å². The molecule has 158 valence electrons. The smallest absolute Gasteiger partial charge is 0.234 e. The fraction of sp³-hybridized carbons (Fsp3) is 0.409. The second-order valence-electron chi connectivity index (χ2n) is 6.70. The number of methoxy groups -OCH3 is 3. The standard InChI is InChI=1S/C22H30N2O5/c1-16-6-8-18(9-7-16)29-11-10-24(2)15-22(25)23-14-17-12-20(27-4)21(28-5)13-19(17)26-3/h6-9,12-13H,10-11,14-15H2,1-5H3,(H,23,25). The van der Waals surface area contributed by atoms with Gasteiger partial charge in [-0.2, -0.15) is 0 Å². The highest BCUT2D eigenvalue weighted by atomic mass is 16.5. The minimum absolute atomic E-state index is 0.0836. The van der Waals surface area contributed by atoms with Crippen LogP contribution < -0.4 is 24.3 Å². The highest BCUT2D eigenvalue weighted by Gasteiger charge is 2.13. The lowest BCUT2D eigenvalue weighted by Crippen LogP contribution is -2.36. The van der Waals surface area contributed by atoms with Gasteiger partial charge in [-0.05, 0) is 32.2 Å². The Kier molecular flexibility index (Phi) is 8.61. The first-order valence-corrected chi connectivity index (χ1v) is 9.40. The number of hydrogen-bond acceptors (Lipinski definition) is 6. The summed E-state index contributed by atoms with van der Waals surface area (Å²) in [6, 6.07) is 11.5. The van der Waals surface area contributed by atoms with Crippen molar-refractivity contribution < 1.29 is 23.7 Å². The molecule has 0 radical (unpaired) electrons. The van der Waals surface area contributed by atoms with E-state index in [4.69, 9.17) is 18.9 Å². The Labute approximate surface area is 172 Å². The molecule has 0 spiro atoms. The minimum Gasteiger partial charge on any atom is -0.496 e. The van der Waals surface area contributed by atoms with Crippen molar-refractivity contribution in [3.63, 3.8) is 0 Å². The Morgan fingerprint density at radius 1 is 0.966 bits per heavy atom. The zero-order valence-corrected chi connectivity index (χ0v) is 17.8. The van der Waals surface area contributed by atoms with E-state index in [9.17, 15) is 4.79 Å². The first kappa shape index (κ1) is 22.4. The van der Waals surface area contributed by atoms with Gasteiger partial charge in [-0.15, -0.1) is 0 Å². The molecule has 0 bridgehead atoms.